The quantitative estimate of drug-likeness (QED) is 0.457. The summed E-state index contributed by atoms with van der Waals surface area (Å²) in [4.78, 5) is 37.3. The molecule has 7 nitrogen and oxygen atoms in total. The molecule has 1 aliphatic heterocycles. The normalized spacial score (nSPS) is 14.9. The van der Waals surface area contributed by atoms with Gasteiger partial charge in [-0.25, -0.2) is 9.59 Å². The number of rotatable bonds is 6. The first-order valence-corrected chi connectivity index (χ1v) is 8.73. The summed E-state index contributed by atoms with van der Waals surface area (Å²) in [6.45, 7) is -0.140. The number of ether oxygens (including phenoxy) is 2. The van der Waals surface area contributed by atoms with Gasteiger partial charge in [-0.15, -0.1) is 0 Å². The van der Waals surface area contributed by atoms with Gasteiger partial charge in [0.05, 0.1) is 13.7 Å². The molecule has 1 aliphatic rings. The Labute approximate surface area is 166 Å². The maximum atomic E-state index is 12.6. The predicted octanol–water partition coefficient (Wildman–Crippen LogP) is 2.98. The molecule has 0 aromatic heterocycles. The van der Waals surface area contributed by atoms with Crippen LogP contribution in [0, 0.1) is 0 Å². The number of methoxy groups -OCH3 is 1. The van der Waals surface area contributed by atoms with E-state index in [9.17, 15) is 14.4 Å². The van der Waals surface area contributed by atoms with Crippen molar-refractivity contribution in [2.45, 2.75) is 6.54 Å². The van der Waals surface area contributed by atoms with Crippen LogP contribution in [0.4, 0.5) is 4.79 Å². The van der Waals surface area contributed by atoms with Gasteiger partial charge >= 0.3 is 12.0 Å². The molecular formula is C20H17ClN2O5. The molecule has 0 atom stereocenters. The Morgan fingerprint density at radius 2 is 1.86 bits per heavy atom. The minimum absolute atomic E-state index is 0.119. The summed E-state index contributed by atoms with van der Waals surface area (Å²) in [5, 5.41) is 3.14. The van der Waals surface area contributed by atoms with Gasteiger partial charge in [0.15, 0.2) is 6.61 Å². The number of carbonyl (C=O) groups is 3. The third-order valence-electron chi connectivity index (χ3n) is 4.01. The molecule has 0 aliphatic carbocycles. The van der Waals surface area contributed by atoms with Crippen LogP contribution in [0.3, 0.4) is 0 Å². The first-order chi connectivity index (χ1) is 13.5. The number of carbonyl (C=O) groups excluding carboxylic acids is 3. The van der Waals surface area contributed by atoms with Gasteiger partial charge in [-0.1, -0.05) is 41.9 Å². The molecule has 2 aromatic carbocycles. The van der Waals surface area contributed by atoms with Crippen molar-refractivity contribution in [3.63, 3.8) is 0 Å². The van der Waals surface area contributed by atoms with Crippen molar-refractivity contribution in [1.82, 2.24) is 10.2 Å². The molecule has 1 N–H and O–H groups in total. The molecule has 28 heavy (non-hydrogen) atoms. The van der Waals surface area contributed by atoms with E-state index in [1.165, 1.54) is 13.2 Å². The van der Waals surface area contributed by atoms with Crippen LogP contribution in [0.15, 0.2) is 54.2 Å². The maximum absolute atomic E-state index is 12.6. The highest BCUT2D eigenvalue weighted by molar-refractivity contribution is 6.30. The van der Waals surface area contributed by atoms with Crippen LogP contribution in [0.5, 0.6) is 5.75 Å². The number of nitrogens with zero attached hydrogens (tertiary/aromatic N) is 1. The topological polar surface area (TPSA) is 84.9 Å². The lowest BCUT2D eigenvalue weighted by molar-refractivity contribution is -0.142. The molecule has 0 saturated carbocycles. The molecule has 3 amide bonds. The number of para-hydroxylation sites is 1. The smallest absolute Gasteiger partial charge is 0.343 e. The third kappa shape index (κ3) is 4.50. The second-order valence-corrected chi connectivity index (χ2v) is 6.34. The molecule has 0 bridgehead atoms. The number of imide groups is 1. The molecule has 8 heteroatoms. The summed E-state index contributed by atoms with van der Waals surface area (Å²) in [6, 6.07) is 13.2. The Hall–Kier alpha value is -3.32. The van der Waals surface area contributed by atoms with Crippen molar-refractivity contribution in [3.05, 3.63) is 70.4 Å². The average molecular weight is 401 g/mol. The van der Waals surface area contributed by atoms with Crippen LogP contribution >= 0.6 is 11.6 Å². The molecule has 0 radical (unpaired) electrons. The van der Waals surface area contributed by atoms with E-state index in [1.807, 2.05) is 0 Å². The zero-order valence-corrected chi connectivity index (χ0v) is 15.7. The summed E-state index contributed by atoms with van der Waals surface area (Å²) in [6.07, 6.45) is 1.51. The highest BCUT2D eigenvalue weighted by atomic mass is 35.5. The minimum Gasteiger partial charge on any atom is -0.481 e. The van der Waals surface area contributed by atoms with E-state index in [-0.39, 0.29) is 18.8 Å². The zero-order valence-electron chi connectivity index (χ0n) is 15.0. The van der Waals surface area contributed by atoms with Gasteiger partial charge in [-0.2, -0.15) is 0 Å². The number of esters is 1. The number of urea groups is 1. The van der Waals surface area contributed by atoms with E-state index in [1.54, 1.807) is 48.5 Å². The molecule has 1 heterocycles. The van der Waals surface area contributed by atoms with E-state index in [4.69, 9.17) is 16.3 Å². The molecule has 144 valence electrons. The van der Waals surface area contributed by atoms with Crippen molar-refractivity contribution >= 4 is 35.6 Å². The Morgan fingerprint density at radius 3 is 2.57 bits per heavy atom. The van der Waals surface area contributed by atoms with Gasteiger partial charge in [0.1, 0.15) is 11.4 Å². The Morgan fingerprint density at radius 1 is 1.14 bits per heavy atom. The van der Waals surface area contributed by atoms with Crippen molar-refractivity contribution in [3.8, 4) is 5.75 Å². The fourth-order valence-electron chi connectivity index (χ4n) is 2.57. The molecule has 1 fully saturated rings. The first kappa shape index (κ1) is 19.4. The third-order valence-corrected chi connectivity index (χ3v) is 4.26. The van der Waals surface area contributed by atoms with E-state index in [0.717, 1.165) is 10.5 Å². The van der Waals surface area contributed by atoms with Crippen LogP contribution in [0.25, 0.3) is 6.08 Å². The summed E-state index contributed by atoms with van der Waals surface area (Å²) >= 11 is 5.86. The molecule has 0 spiro atoms. The molecule has 2 aromatic rings. The second-order valence-electron chi connectivity index (χ2n) is 5.91. The minimum atomic E-state index is -0.526. The van der Waals surface area contributed by atoms with Gasteiger partial charge in [-0.05, 0) is 29.8 Å². The number of hydrogen-bond acceptors (Lipinski definition) is 5. The van der Waals surface area contributed by atoms with Crippen molar-refractivity contribution in [2.75, 3.05) is 13.7 Å². The van der Waals surface area contributed by atoms with Crippen molar-refractivity contribution in [1.29, 1.82) is 0 Å². The first-order valence-electron chi connectivity index (χ1n) is 8.35. The monoisotopic (exact) mass is 400 g/mol. The Balaban J connectivity index is 1.78. The molecule has 0 unspecified atom stereocenters. The van der Waals surface area contributed by atoms with E-state index >= 15 is 0 Å². The molecule has 3 rings (SSSR count). The Kier molecular flexibility index (Phi) is 5.96. The lowest BCUT2D eigenvalue weighted by atomic mass is 10.1. The highest BCUT2D eigenvalue weighted by Crippen LogP contribution is 2.23. The summed E-state index contributed by atoms with van der Waals surface area (Å²) in [5.41, 5.74) is 1.44. The standard InChI is InChI=1S/C20H17ClN2O5/c1-27-18(24)12-28-17-5-3-2-4-14(17)10-16-19(25)23(20(26)22-16)11-13-6-8-15(21)9-7-13/h2-10H,11-12H2,1H3,(H,22,26)/b16-10-. The van der Waals surface area contributed by atoms with Gasteiger partial charge < -0.3 is 14.8 Å². The molecular weight excluding hydrogens is 384 g/mol. The van der Waals surface area contributed by atoms with E-state index in [0.29, 0.717) is 16.3 Å². The molecule has 1 saturated heterocycles. The Bertz CT molecular complexity index is 940. The van der Waals surface area contributed by atoms with Gasteiger partial charge in [-0.3, -0.25) is 9.69 Å². The van der Waals surface area contributed by atoms with Crippen LogP contribution < -0.4 is 10.1 Å². The van der Waals surface area contributed by atoms with Crippen molar-refractivity contribution in [2.24, 2.45) is 0 Å². The van der Waals surface area contributed by atoms with Crippen LogP contribution in [-0.4, -0.2) is 36.5 Å². The van der Waals surface area contributed by atoms with E-state index in [2.05, 4.69) is 10.1 Å². The lowest BCUT2D eigenvalue weighted by Gasteiger charge is -2.11. The number of nitrogens with one attached hydrogen (secondary N) is 1. The average Bonchev–Trinajstić information content (AvgIpc) is 2.96. The maximum Gasteiger partial charge on any atom is 0.343 e. The fraction of sp³-hybridized carbons (Fsp3) is 0.150. The number of halogens is 1. The number of benzene rings is 2. The second kappa shape index (κ2) is 8.58. The zero-order chi connectivity index (χ0) is 20.1. The van der Waals surface area contributed by atoms with Gasteiger partial charge in [0, 0.05) is 10.6 Å². The van der Waals surface area contributed by atoms with Gasteiger partial charge in [0.25, 0.3) is 5.91 Å². The number of amides is 3. The highest BCUT2D eigenvalue weighted by Gasteiger charge is 2.33. The lowest BCUT2D eigenvalue weighted by Crippen LogP contribution is -2.30. The number of hydrogen-bond donors (Lipinski definition) is 1. The van der Waals surface area contributed by atoms with Crippen LogP contribution in [0.1, 0.15) is 11.1 Å². The van der Waals surface area contributed by atoms with Gasteiger partial charge in [0.2, 0.25) is 0 Å². The summed E-state index contributed by atoms with van der Waals surface area (Å²) < 4.78 is 9.98. The summed E-state index contributed by atoms with van der Waals surface area (Å²) in [7, 11) is 1.27. The predicted molar refractivity (Wildman–Crippen MR) is 102 cm³/mol. The van der Waals surface area contributed by atoms with Crippen LogP contribution in [0.2, 0.25) is 5.02 Å². The fourth-order valence-corrected chi connectivity index (χ4v) is 2.70. The van der Waals surface area contributed by atoms with Crippen molar-refractivity contribution < 1.29 is 23.9 Å². The van der Waals surface area contributed by atoms with E-state index < -0.39 is 17.9 Å². The summed E-state index contributed by atoms with van der Waals surface area (Å²) in [5.74, 6) is -0.594. The van der Waals surface area contributed by atoms with Crippen LogP contribution in [-0.2, 0) is 20.9 Å². The largest absolute Gasteiger partial charge is 0.481 e. The SMILES string of the molecule is COC(=O)COc1ccccc1/C=C1\NC(=O)N(Cc2ccc(Cl)cc2)C1=O.